The van der Waals surface area contributed by atoms with E-state index in [4.69, 9.17) is 5.11 Å². The molecule has 2 rings (SSSR count). The second-order valence-electron chi connectivity index (χ2n) is 4.23. The Bertz CT molecular complexity index is 403. The molecular formula is C11H16N2O2S. The van der Waals surface area contributed by atoms with Crippen molar-refractivity contribution < 1.29 is 9.90 Å². The summed E-state index contributed by atoms with van der Waals surface area (Å²) in [6.45, 7) is 4.14. The van der Waals surface area contributed by atoms with Crippen LogP contribution in [0.4, 0.5) is 0 Å². The molecule has 0 saturated heterocycles. The van der Waals surface area contributed by atoms with Gasteiger partial charge in [0.25, 0.3) is 0 Å². The van der Waals surface area contributed by atoms with Gasteiger partial charge in [-0.15, -0.1) is 0 Å². The molecule has 1 fully saturated rings. The summed E-state index contributed by atoms with van der Waals surface area (Å²) >= 11 is 1.31. The first kappa shape index (κ1) is 11.5. The fourth-order valence-corrected chi connectivity index (χ4v) is 2.77. The molecule has 5 heteroatoms. The minimum absolute atomic E-state index is 0.0833. The molecule has 16 heavy (non-hydrogen) atoms. The van der Waals surface area contributed by atoms with Gasteiger partial charge in [0.15, 0.2) is 5.16 Å². The summed E-state index contributed by atoms with van der Waals surface area (Å²) in [5.74, 6) is 0.0396. The van der Waals surface area contributed by atoms with E-state index >= 15 is 0 Å². The number of rotatable bonds is 5. The lowest BCUT2D eigenvalue weighted by Gasteiger charge is -2.04. The highest BCUT2D eigenvalue weighted by atomic mass is 32.2. The van der Waals surface area contributed by atoms with Crippen molar-refractivity contribution in [3.8, 4) is 0 Å². The number of thioether (sulfide) groups is 1. The summed E-state index contributed by atoms with van der Waals surface area (Å²) in [5.41, 5.74) is 0.967. The smallest absolute Gasteiger partial charge is 0.313 e. The zero-order valence-corrected chi connectivity index (χ0v) is 10.3. The molecule has 0 amide bonds. The predicted octanol–water partition coefficient (Wildman–Crippen LogP) is 2.34. The molecule has 88 valence electrons. The molecule has 0 aliphatic heterocycles. The Labute approximate surface area is 99.1 Å². The molecule has 1 N–H and O–H groups in total. The van der Waals surface area contributed by atoms with Crippen molar-refractivity contribution in [2.45, 2.75) is 37.9 Å². The number of carboxylic acids is 1. The quantitative estimate of drug-likeness (QED) is 0.803. The van der Waals surface area contributed by atoms with Crippen LogP contribution in [0, 0.1) is 12.8 Å². The molecule has 2 atom stereocenters. The summed E-state index contributed by atoms with van der Waals surface area (Å²) in [7, 11) is 0. The van der Waals surface area contributed by atoms with Crippen LogP contribution in [0.15, 0.2) is 11.4 Å². The number of hydrogen-bond acceptors (Lipinski definition) is 3. The van der Waals surface area contributed by atoms with Gasteiger partial charge in [-0.1, -0.05) is 25.1 Å². The molecule has 1 heterocycles. The number of aryl methyl sites for hydroxylation is 1. The minimum Gasteiger partial charge on any atom is -0.481 e. The van der Waals surface area contributed by atoms with Crippen LogP contribution in [0.3, 0.4) is 0 Å². The second-order valence-corrected chi connectivity index (χ2v) is 5.17. The number of aliphatic carboxylic acids is 1. The number of aromatic nitrogens is 2. The van der Waals surface area contributed by atoms with Gasteiger partial charge in [0, 0.05) is 12.2 Å². The Balaban J connectivity index is 2.09. The van der Waals surface area contributed by atoms with Gasteiger partial charge >= 0.3 is 5.97 Å². The van der Waals surface area contributed by atoms with Gasteiger partial charge in [0.1, 0.15) is 0 Å². The number of nitrogens with zero attached hydrogens (tertiary/aromatic N) is 2. The van der Waals surface area contributed by atoms with Gasteiger partial charge in [-0.05, 0) is 19.3 Å². The van der Waals surface area contributed by atoms with Gasteiger partial charge in [0.2, 0.25) is 0 Å². The normalized spacial score (nSPS) is 23.4. The Morgan fingerprint density at radius 1 is 1.75 bits per heavy atom. The summed E-state index contributed by atoms with van der Waals surface area (Å²) in [6.07, 6.45) is 4.42. The molecule has 1 aliphatic rings. The second kappa shape index (κ2) is 4.49. The van der Waals surface area contributed by atoms with E-state index < -0.39 is 5.97 Å². The molecule has 1 aromatic heterocycles. The molecule has 0 bridgehead atoms. The molecular weight excluding hydrogens is 224 g/mol. The van der Waals surface area contributed by atoms with E-state index in [9.17, 15) is 4.79 Å². The Kier molecular flexibility index (Phi) is 3.23. The molecule has 4 nitrogen and oxygen atoms in total. The summed E-state index contributed by atoms with van der Waals surface area (Å²) in [4.78, 5) is 14.9. The zero-order chi connectivity index (χ0) is 11.7. The van der Waals surface area contributed by atoms with Crippen LogP contribution in [-0.4, -0.2) is 26.4 Å². The van der Waals surface area contributed by atoms with Crippen LogP contribution in [0.2, 0.25) is 0 Å². The standard InChI is InChI=1S/C11H16N2O2S/c1-3-8-4-9(8)13-5-7(2)12-11(13)16-6-10(14)15/h5,8-9H,3-4,6H2,1-2H3,(H,14,15). The van der Waals surface area contributed by atoms with Crippen molar-refractivity contribution >= 4 is 17.7 Å². The van der Waals surface area contributed by atoms with E-state index in [1.165, 1.54) is 24.6 Å². The minimum atomic E-state index is -0.792. The van der Waals surface area contributed by atoms with Gasteiger partial charge in [-0.2, -0.15) is 0 Å². The van der Waals surface area contributed by atoms with Crippen LogP contribution in [-0.2, 0) is 4.79 Å². The summed E-state index contributed by atoms with van der Waals surface area (Å²) in [5, 5.41) is 9.52. The first-order valence-electron chi connectivity index (χ1n) is 5.52. The van der Waals surface area contributed by atoms with Crippen LogP contribution in [0.25, 0.3) is 0 Å². The number of carbonyl (C=O) groups is 1. The highest BCUT2D eigenvalue weighted by molar-refractivity contribution is 7.99. The summed E-state index contributed by atoms with van der Waals surface area (Å²) < 4.78 is 2.15. The van der Waals surface area contributed by atoms with Gasteiger partial charge in [-0.3, -0.25) is 4.79 Å². The van der Waals surface area contributed by atoms with E-state index in [-0.39, 0.29) is 5.75 Å². The highest BCUT2D eigenvalue weighted by Crippen LogP contribution is 2.47. The predicted molar refractivity (Wildman–Crippen MR) is 62.8 cm³/mol. The van der Waals surface area contributed by atoms with Crippen molar-refractivity contribution in [3.05, 3.63) is 11.9 Å². The van der Waals surface area contributed by atoms with Gasteiger partial charge in [-0.25, -0.2) is 4.98 Å². The van der Waals surface area contributed by atoms with E-state index in [2.05, 4.69) is 16.5 Å². The molecule has 0 spiro atoms. The SMILES string of the molecule is CCC1CC1n1cc(C)nc1SCC(=O)O. The van der Waals surface area contributed by atoms with Gasteiger partial charge in [0.05, 0.1) is 11.4 Å². The molecule has 1 aromatic rings. The summed E-state index contributed by atoms with van der Waals surface area (Å²) in [6, 6.07) is 0.544. The molecule has 1 saturated carbocycles. The van der Waals surface area contributed by atoms with Crippen molar-refractivity contribution in [3.63, 3.8) is 0 Å². The lowest BCUT2D eigenvalue weighted by molar-refractivity contribution is -0.133. The maximum atomic E-state index is 10.5. The average molecular weight is 240 g/mol. The number of hydrogen-bond donors (Lipinski definition) is 1. The first-order valence-corrected chi connectivity index (χ1v) is 6.50. The average Bonchev–Trinajstić information content (AvgIpc) is 2.92. The topological polar surface area (TPSA) is 55.1 Å². The van der Waals surface area contributed by atoms with Crippen molar-refractivity contribution in [1.82, 2.24) is 9.55 Å². The fourth-order valence-electron chi connectivity index (χ4n) is 1.98. The van der Waals surface area contributed by atoms with Crippen LogP contribution in [0.1, 0.15) is 31.5 Å². The zero-order valence-electron chi connectivity index (χ0n) is 9.51. The molecule has 2 unspecified atom stereocenters. The Morgan fingerprint density at radius 3 is 3.06 bits per heavy atom. The van der Waals surface area contributed by atoms with Crippen molar-refractivity contribution in [1.29, 1.82) is 0 Å². The molecule has 1 aliphatic carbocycles. The largest absolute Gasteiger partial charge is 0.481 e. The fraction of sp³-hybridized carbons (Fsp3) is 0.636. The molecule has 0 aromatic carbocycles. The van der Waals surface area contributed by atoms with E-state index in [1.54, 1.807) is 0 Å². The third-order valence-corrected chi connectivity index (χ3v) is 3.86. The van der Waals surface area contributed by atoms with E-state index in [0.29, 0.717) is 6.04 Å². The number of imidazole rings is 1. The van der Waals surface area contributed by atoms with Crippen LogP contribution < -0.4 is 0 Å². The maximum Gasteiger partial charge on any atom is 0.313 e. The van der Waals surface area contributed by atoms with E-state index in [0.717, 1.165) is 16.8 Å². The monoisotopic (exact) mass is 240 g/mol. The van der Waals surface area contributed by atoms with Crippen molar-refractivity contribution in [2.75, 3.05) is 5.75 Å². The maximum absolute atomic E-state index is 10.5. The van der Waals surface area contributed by atoms with Crippen molar-refractivity contribution in [2.24, 2.45) is 5.92 Å². The van der Waals surface area contributed by atoms with Gasteiger partial charge < -0.3 is 9.67 Å². The first-order chi connectivity index (χ1) is 7.61. The Hall–Kier alpha value is -0.970. The van der Waals surface area contributed by atoms with Crippen LogP contribution >= 0.6 is 11.8 Å². The number of carboxylic acid groups (broad SMARTS) is 1. The van der Waals surface area contributed by atoms with Crippen LogP contribution in [0.5, 0.6) is 0 Å². The highest BCUT2D eigenvalue weighted by Gasteiger charge is 2.38. The molecule has 0 radical (unpaired) electrons. The Morgan fingerprint density at radius 2 is 2.50 bits per heavy atom. The third kappa shape index (κ3) is 2.40. The lowest BCUT2D eigenvalue weighted by atomic mass is 10.3. The lowest BCUT2D eigenvalue weighted by Crippen LogP contribution is -2.02. The third-order valence-electron chi connectivity index (χ3n) is 2.91. The van der Waals surface area contributed by atoms with E-state index in [1.807, 2.05) is 13.1 Å².